The third-order valence-electron chi connectivity index (χ3n) is 1.48. The second-order valence-corrected chi connectivity index (χ2v) is 2.66. The number of hydrogen-bond acceptors (Lipinski definition) is 3. The Hall–Kier alpha value is -1.08. The van der Waals surface area contributed by atoms with E-state index in [9.17, 15) is 9.90 Å². The van der Waals surface area contributed by atoms with Gasteiger partial charge in [-0.25, -0.2) is 4.79 Å². The summed E-state index contributed by atoms with van der Waals surface area (Å²) in [5, 5.41) is 9.23. The Bertz CT molecular complexity index is 309. The fourth-order valence-electron chi connectivity index (χ4n) is 0.877. The highest BCUT2D eigenvalue weighted by Crippen LogP contribution is 2.19. The lowest BCUT2D eigenvalue weighted by molar-refractivity contribution is 0.0762. The molecule has 0 aromatic heterocycles. The number of carbonyl (C=O) groups excluding carboxylic acids is 1. The molecule has 3 nitrogen and oxygen atoms in total. The highest BCUT2D eigenvalue weighted by molar-refractivity contribution is 7.10. The van der Waals surface area contributed by atoms with Crippen molar-refractivity contribution in [3.8, 4) is 5.75 Å². The molecule has 0 heterocycles. The van der Waals surface area contributed by atoms with Crippen LogP contribution in [0.5, 0.6) is 5.75 Å². The minimum absolute atomic E-state index is 0.0620. The van der Waals surface area contributed by atoms with Gasteiger partial charge in [0.15, 0.2) is 0 Å². The van der Waals surface area contributed by atoms with Gasteiger partial charge in [-0.15, -0.1) is 0 Å². The normalized spacial score (nSPS) is 9.50. The van der Waals surface area contributed by atoms with Gasteiger partial charge in [0.05, 0.1) is 9.47 Å². The number of aryl methyl sites for hydroxylation is 1. The Morgan fingerprint density at radius 1 is 1.58 bits per heavy atom. The van der Waals surface area contributed by atoms with Crippen LogP contribution in [0.1, 0.15) is 15.9 Å². The molecule has 0 saturated heterocycles. The van der Waals surface area contributed by atoms with Gasteiger partial charge in [0.1, 0.15) is 11.3 Å². The molecule has 0 saturated carbocycles. The summed E-state index contributed by atoms with van der Waals surface area (Å²) < 4.78 is 4.39. The fraction of sp³-hybridized carbons (Fsp3) is 0.125. The lowest BCUT2D eigenvalue weighted by Gasteiger charge is -2.02. The fourth-order valence-corrected chi connectivity index (χ4v) is 1.00. The predicted octanol–water partition coefficient (Wildman–Crippen LogP) is 1.65. The SMILES string of the molecule is Cc1ccc(O)c(C(=O)OP)c1. The molecule has 0 fully saturated rings. The van der Waals surface area contributed by atoms with Crippen molar-refractivity contribution in [3.63, 3.8) is 0 Å². The Morgan fingerprint density at radius 2 is 2.25 bits per heavy atom. The van der Waals surface area contributed by atoms with E-state index in [1.807, 2.05) is 16.4 Å². The number of aromatic hydroxyl groups is 1. The smallest absolute Gasteiger partial charge is 0.344 e. The third kappa shape index (κ3) is 1.74. The lowest BCUT2D eigenvalue weighted by Crippen LogP contribution is -1.98. The van der Waals surface area contributed by atoms with Gasteiger partial charge < -0.3 is 9.63 Å². The Morgan fingerprint density at radius 3 is 2.83 bits per heavy atom. The van der Waals surface area contributed by atoms with Crippen LogP contribution in [0.2, 0.25) is 0 Å². The molecule has 1 N–H and O–H groups in total. The van der Waals surface area contributed by atoms with E-state index >= 15 is 0 Å². The lowest BCUT2D eigenvalue weighted by atomic mass is 10.1. The van der Waals surface area contributed by atoms with Gasteiger partial charge in [-0.1, -0.05) is 11.6 Å². The van der Waals surface area contributed by atoms with Crippen LogP contribution < -0.4 is 0 Å². The van der Waals surface area contributed by atoms with Crippen molar-refractivity contribution in [1.29, 1.82) is 0 Å². The average Bonchev–Trinajstić information content (AvgIpc) is 2.08. The highest BCUT2D eigenvalue weighted by atomic mass is 31.0. The average molecular weight is 184 g/mol. The first kappa shape index (κ1) is 9.01. The van der Waals surface area contributed by atoms with Crippen molar-refractivity contribution in [3.05, 3.63) is 29.3 Å². The molecule has 64 valence electrons. The monoisotopic (exact) mass is 184 g/mol. The van der Waals surface area contributed by atoms with E-state index in [1.54, 1.807) is 12.1 Å². The van der Waals surface area contributed by atoms with Gasteiger partial charge in [0.25, 0.3) is 0 Å². The Balaban J connectivity index is 3.13. The molecule has 0 radical (unpaired) electrons. The summed E-state index contributed by atoms with van der Waals surface area (Å²) in [5.74, 6) is -0.616. The van der Waals surface area contributed by atoms with Gasteiger partial charge in [-0.2, -0.15) is 0 Å². The van der Waals surface area contributed by atoms with Crippen molar-refractivity contribution in [1.82, 2.24) is 0 Å². The standard InChI is InChI=1S/C8H9O3P/c1-5-2-3-7(9)6(4-5)8(10)11-12/h2-4,9H,12H2,1H3. The summed E-state index contributed by atoms with van der Waals surface area (Å²) in [6.45, 7) is 1.83. The van der Waals surface area contributed by atoms with E-state index in [2.05, 4.69) is 4.52 Å². The van der Waals surface area contributed by atoms with Crippen LogP contribution >= 0.6 is 9.47 Å². The van der Waals surface area contributed by atoms with E-state index < -0.39 is 5.97 Å². The summed E-state index contributed by atoms with van der Waals surface area (Å²) in [5.41, 5.74) is 1.09. The molecule has 0 amide bonds. The van der Waals surface area contributed by atoms with Crippen molar-refractivity contribution in [2.45, 2.75) is 6.92 Å². The highest BCUT2D eigenvalue weighted by Gasteiger charge is 2.10. The molecule has 0 aliphatic heterocycles. The van der Waals surface area contributed by atoms with Gasteiger partial charge >= 0.3 is 5.97 Å². The zero-order chi connectivity index (χ0) is 9.14. The molecular weight excluding hydrogens is 175 g/mol. The maximum atomic E-state index is 11.0. The number of carbonyl (C=O) groups is 1. The molecule has 1 atom stereocenters. The summed E-state index contributed by atoms with van der Waals surface area (Å²) >= 11 is 0. The number of benzene rings is 1. The van der Waals surface area contributed by atoms with Crippen LogP contribution in [0.15, 0.2) is 18.2 Å². The maximum Gasteiger partial charge on any atom is 0.344 e. The summed E-state index contributed by atoms with van der Waals surface area (Å²) in [7, 11) is 1.85. The second-order valence-electron chi connectivity index (χ2n) is 2.43. The zero-order valence-electron chi connectivity index (χ0n) is 6.57. The van der Waals surface area contributed by atoms with Crippen LogP contribution in [-0.4, -0.2) is 11.1 Å². The van der Waals surface area contributed by atoms with E-state index in [1.165, 1.54) is 6.07 Å². The Kier molecular flexibility index (Phi) is 2.66. The Labute approximate surface area is 72.6 Å². The third-order valence-corrected chi connectivity index (χ3v) is 1.69. The minimum atomic E-state index is -0.554. The molecule has 0 aliphatic rings. The first-order valence-corrected chi connectivity index (χ1v) is 3.83. The van der Waals surface area contributed by atoms with Crippen LogP contribution in [0.4, 0.5) is 0 Å². The summed E-state index contributed by atoms with van der Waals surface area (Å²) in [6.07, 6.45) is 0. The van der Waals surface area contributed by atoms with Crippen LogP contribution in [0.3, 0.4) is 0 Å². The topological polar surface area (TPSA) is 46.5 Å². The largest absolute Gasteiger partial charge is 0.507 e. The molecule has 12 heavy (non-hydrogen) atoms. The molecule has 4 heteroatoms. The molecule has 0 spiro atoms. The van der Waals surface area contributed by atoms with Crippen molar-refractivity contribution < 1.29 is 14.4 Å². The van der Waals surface area contributed by atoms with Gasteiger partial charge in [0.2, 0.25) is 0 Å². The van der Waals surface area contributed by atoms with Crippen LogP contribution in [0, 0.1) is 6.92 Å². The number of phenolic OH excluding ortho intramolecular Hbond substituents is 1. The van der Waals surface area contributed by atoms with Crippen molar-refractivity contribution in [2.24, 2.45) is 0 Å². The molecule has 1 aromatic rings. The number of hydrogen-bond donors (Lipinski definition) is 1. The molecule has 1 unspecified atom stereocenters. The molecule has 0 aliphatic carbocycles. The molecule has 0 bridgehead atoms. The van der Waals surface area contributed by atoms with Crippen LogP contribution in [-0.2, 0) is 4.52 Å². The quantitative estimate of drug-likeness (QED) is 0.675. The van der Waals surface area contributed by atoms with Gasteiger partial charge in [-0.3, -0.25) is 0 Å². The van der Waals surface area contributed by atoms with Gasteiger partial charge in [0, 0.05) is 0 Å². The summed E-state index contributed by atoms with van der Waals surface area (Å²) in [6, 6.07) is 4.75. The number of phenols is 1. The zero-order valence-corrected chi connectivity index (χ0v) is 7.73. The predicted molar refractivity (Wildman–Crippen MR) is 48.0 cm³/mol. The van der Waals surface area contributed by atoms with Crippen LogP contribution in [0.25, 0.3) is 0 Å². The summed E-state index contributed by atoms with van der Waals surface area (Å²) in [4.78, 5) is 11.0. The molecule has 1 rings (SSSR count). The van der Waals surface area contributed by atoms with Gasteiger partial charge in [-0.05, 0) is 19.1 Å². The van der Waals surface area contributed by atoms with Crippen molar-refractivity contribution >= 4 is 15.4 Å². The maximum absolute atomic E-state index is 11.0. The van der Waals surface area contributed by atoms with E-state index in [4.69, 9.17) is 0 Å². The first-order valence-electron chi connectivity index (χ1n) is 3.36. The number of rotatable bonds is 1. The van der Waals surface area contributed by atoms with E-state index in [0.29, 0.717) is 0 Å². The van der Waals surface area contributed by atoms with Crippen molar-refractivity contribution in [2.75, 3.05) is 0 Å². The van der Waals surface area contributed by atoms with E-state index in [-0.39, 0.29) is 11.3 Å². The van der Waals surface area contributed by atoms with E-state index in [0.717, 1.165) is 5.56 Å². The second kappa shape index (κ2) is 3.55. The minimum Gasteiger partial charge on any atom is -0.507 e. The first-order chi connectivity index (χ1) is 5.65. The molecular formula is C8H9O3P. The molecule has 1 aromatic carbocycles.